The summed E-state index contributed by atoms with van der Waals surface area (Å²) in [5.74, 6) is 0.315. The third kappa shape index (κ3) is 5.08. The van der Waals surface area contributed by atoms with Gasteiger partial charge in [-0.05, 0) is 18.9 Å². The average molecular weight is 220 g/mol. The van der Waals surface area contributed by atoms with Crippen LogP contribution in [-0.4, -0.2) is 11.9 Å². The predicted molar refractivity (Wildman–Crippen MR) is 65.2 cm³/mol. The Hall–Kier alpha value is -1.15. The number of benzene rings is 1. The number of rotatable bonds is 7. The van der Waals surface area contributed by atoms with Crippen LogP contribution in [-0.2, 0) is 16.1 Å². The zero-order valence-corrected chi connectivity index (χ0v) is 10.1. The molecule has 0 spiro atoms. The maximum atomic E-state index is 11.1. The van der Waals surface area contributed by atoms with Crippen molar-refractivity contribution in [3.63, 3.8) is 0 Å². The summed E-state index contributed by atoms with van der Waals surface area (Å²) in [6.07, 6.45) is 2.23. The second-order valence-corrected chi connectivity index (χ2v) is 4.04. The Morgan fingerprint density at radius 3 is 2.62 bits per heavy atom. The number of Topliss-reactive ketones (excluding diaryl/α,β-unsaturated/α-hetero) is 1. The van der Waals surface area contributed by atoms with Gasteiger partial charge >= 0.3 is 0 Å². The third-order valence-electron chi connectivity index (χ3n) is 2.60. The highest BCUT2D eigenvalue weighted by Crippen LogP contribution is 2.08. The lowest BCUT2D eigenvalue weighted by Gasteiger charge is -2.12. The highest BCUT2D eigenvalue weighted by molar-refractivity contribution is 5.77. The minimum Gasteiger partial charge on any atom is -0.374 e. The number of hydrogen-bond donors (Lipinski definition) is 0. The molecule has 0 N–H and O–H groups in total. The van der Waals surface area contributed by atoms with Crippen LogP contribution in [0.5, 0.6) is 0 Å². The van der Waals surface area contributed by atoms with E-state index in [1.54, 1.807) is 0 Å². The van der Waals surface area contributed by atoms with Gasteiger partial charge in [0.1, 0.15) is 5.78 Å². The molecule has 1 rings (SSSR count). The molecule has 0 heterocycles. The van der Waals surface area contributed by atoms with Gasteiger partial charge in [-0.25, -0.2) is 0 Å². The van der Waals surface area contributed by atoms with Crippen molar-refractivity contribution in [2.75, 3.05) is 0 Å². The molecule has 1 atom stereocenters. The number of hydrogen-bond acceptors (Lipinski definition) is 2. The number of carbonyl (C=O) groups excluding carboxylic acids is 1. The molecule has 1 aromatic carbocycles. The lowest BCUT2D eigenvalue weighted by Crippen LogP contribution is -2.10. The fraction of sp³-hybridized carbons (Fsp3) is 0.500. The molecule has 0 amide bonds. The number of ketones is 1. The maximum absolute atomic E-state index is 11.1. The van der Waals surface area contributed by atoms with Crippen molar-refractivity contribution in [2.24, 2.45) is 0 Å². The molecule has 0 radical (unpaired) electrons. The first-order chi connectivity index (χ1) is 7.72. The molecule has 0 aromatic heterocycles. The lowest BCUT2D eigenvalue weighted by molar-refractivity contribution is -0.119. The third-order valence-corrected chi connectivity index (χ3v) is 2.60. The van der Waals surface area contributed by atoms with Gasteiger partial charge in [-0.15, -0.1) is 0 Å². The van der Waals surface area contributed by atoms with Crippen molar-refractivity contribution in [1.82, 2.24) is 0 Å². The molecule has 0 saturated heterocycles. The maximum Gasteiger partial charge on any atom is 0.132 e. The molecule has 88 valence electrons. The molecule has 0 bridgehead atoms. The Kier molecular flexibility index (Phi) is 5.79. The smallest absolute Gasteiger partial charge is 0.132 e. The Morgan fingerprint density at radius 1 is 1.31 bits per heavy atom. The summed E-state index contributed by atoms with van der Waals surface area (Å²) < 4.78 is 5.67. The Bertz CT molecular complexity index is 306. The van der Waals surface area contributed by atoms with Gasteiger partial charge in [0.2, 0.25) is 0 Å². The molecular formula is C14H20O2. The molecule has 0 aliphatic carbocycles. The van der Waals surface area contributed by atoms with Gasteiger partial charge < -0.3 is 4.74 Å². The van der Waals surface area contributed by atoms with Gasteiger partial charge in [0.05, 0.1) is 12.7 Å². The standard InChI is InChI=1S/C14H20O2/c1-3-14(15)10-9-12(2)16-11-13-7-5-4-6-8-13/h4-8,12H,3,9-11H2,1-2H3. The van der Waals surface area contributed by atoms with E-state index < -0.39 is 0 Å². The summed E-state index contributed by atoms with van der Waals surface area (Å²) in [6, 6.07) is 10.1. The monoisotopic (exact) mass is 220 g/mol. The molecule has 0 aliphatic rings. The highest BCUT2D eigenvalue weighted by Gasteiger charge is 2.05. The van der Waals surface area contributed by atoms with Crippen LogP contribution < -0.4 is 0 Å². The van der Waals surface area contributed by atoms with Gasteiger partial charge in [0.15, 0.2) is 0 Å². The van der Waals surface area contributed by atoms with E-state index in [1.807, 2.05) is 44.2 Å². The van der Waals surface area contributed by atoms with Gasteiger partial charge in [0.25, 0.3) is 0 Å². The Morgan fingerprint density at radius 2 is 2.00 bits per heavy atom. The minimum absolute atomic E-state index is 0.149. The first-order valence-electron chi connectivity index (χ1n) is 5.89. The van der Waals surface area contributed by atoms with Crippen molar-refractivity contribution >= 4 is 5.78 Å². The van der Waals surface area contributed by atoms with E-state index in [4.69, 9.17) is 4.74 Å². The Balaban J connectivity index is 2.20. The van der Waals surface area contributed by atoms with Crippen LogP contribution in [0.2, 0.25) is 0 Å². The second-order valence-electron chi connectivity index (χ2n) is 4.04. The van der Waals surface area contributed by atoms with Crippen LogP contribution >= 0.6 is 0 Å². The molecular weight excluding hydrogens is 200 g/mol. The first kappa shape index (κ1) is 12.9. The molecule has 0 saturated carbocycles. The number of carbonyl (C=O) groups is 1. The summed E-state index contributed by atoms with van der Waals surface area (Å²) in [7, 11) is 0. The second kappa shape index (κ2) is 7.18. The van der Waals surface area contributed by atoms with Gasteiger partial charge in [-0.2, -0.15) is 0 Å². The first-order valence-corrected chi connectivity index (χ1v) is 5.89. The summed E-state index contributed by atoms with van der Waals surface area (Å²) in [4.78, 5) is 11.1. The van der Waals surface area contributed by atoms with E-state index in [9.17, 15) is 4.79 Å². The predicted octanol–water partition coefficient (Wildman–Crippen LogP) is 3.35. The van der Waals surface area contributed by atoms with Crippen LogP contribution in [0.15, 0.2) is 30.3 Å². The molecule has 1 aromatic rings. The molecule has 0 fully saturated rings. The quantitative estimate of drug-likeness (QED) is 0.704. The average Bonchev–Trinajstić information content (AvgIpc) is 2.34. The normalized spacial score (nSPS) is 12.4. The van der Waals surface area contributed by atoms with E-state index in [-0.39, 0.29) is 6.10 Å². The largest absolute Gasteiger partial charge is 0.374 e. The summed E-state index contributed by atoms with van der Waals surface area (Å²) in [5.41, 5.74) is 1.18. The lowest BCUT2D eigenvalue weighted by atomic mass is 10.1. The zero-order valence-electron chi connectivity index (χ0n) is 10.1. The molecule has 16 heavy (non-hydrogen) atoms. The van der Waals surface area contributed by atoms with E-state index in [2.05, 4.69) is 0 Å². The molecule has 2 heteroatoms. The van der Waals surface area contributed by atoms with E-state index in [0.717, 1.165) is 6.42 Å². The van der Waals surface area contributed by atoms with Crippen molar-refractivity contribution in [3.8, 4) is 0 Å². The fourth-order valence-corrected chi connectivity index (χ4v) is 1.44. The molecule has 2 nitrogen and oxygen atoms in total. The summed E-state index contributed by atoms with van der Waals surface area (Å²) in [6.45, 7) is 4.55. The molecule has 0 aliphatic heterocycles. The fourth-order valence-electron chi connectivity index (χ4n) is 1.44. The van der Waals surface area contributed by atoms with Crippen molar-refractivity contribution in [1.29, 1.82) is 0 Å². The van der Waals surface area contributed by atoms with Gasteiger partial charge in [-0.3, -0.25) is 4.79 Å². The van der Waals surface area contributed by atoms with Gasteiger partial charge in [-0.1, -0.05) is 37.3 Å². The van der Waals surface area contributed by atoms with Crippen LogP contribution in [0.3, 0.4) is 0 Å². The van der Waals surface area contributed by atoms with Gasteiger partial charge in [0, 0.05) is 12.8 Å². The Labute approximate surface area is 97.6 Å². The van der Waals surface area contributed by atoms with Crippen LogP contribution in [0.1, 0.15) is 38.7 Å². The zero-order chi connectivity index (χ0) is 11.8. The minimum atomic E-state index is 0.149. The topological polar surface area (TPSA) is 26.3 Å². The van der Waals surface area contributed by atoms with E-state index in [1.165, 1.54) is 5.56 Å². The van der Waals surface area contributed by atoms with E-state index >= 15 is 0 Å². The molecule has 1 unspecified atom stereocenters. The van der Waals surface area contributed by atoms with Crippen molar-refractivity contribution in [3.05, 3.63) is 35.9 Å². The SMILES string of the molecule is CCC(=O)CCC(C)OCc1ccccc1. The number of ether oxygens (including phenoxy) is 1. The van der Waals surface area contributed by atoms with Crippen LogP contribution in [0, 0.1) is 0 Å². The van der Waals surface area contributed by atoms with Crippen LogP contribution in [0.25, 0.3) is 0 Å². The summed E-state index contributed by atoms with van der Waals surface area (Å²) in [5, 5.41) is 0. The summed E-state index contributed by atoms with van der Waals surface area (Å²) >= 11 is 0. The van der Waals surface area contributed by atoms with E-state index in [0.29, 0.717) is 25.2 Å². The highest BCUT2D eigenvalue weighted by atomic mass is 16.5. The van der Waals surface area contributed by atoms with Crippen molar-refractivity contribution < 1.29 is 9.53 Å². The van der Waals surface area contributed by atoms with Crippen molar-refractivity contribution in [2.45, 2.75) is 45.8 Å². The van der Waals surface area contributed by atoms with Crippen LogP contribution in [0.4, 0.5) is 0 Å².